The Morgan fingerprint density at radius 2 is 1.53 bits per heavy atom. The number of aliphatic hydroxyl groups excluding tert-OH is 1. The molecular formula is C27H26O7. The van der Waals surface area contributed by atoms with E-state index in [0.717, 1.165) is 11.1 Å². The molecule has 176 valence electrons. The van der Waals surface area contributed by atoms with Crippen LogP contribution in [0.15, 0.2) is 91.0 Å². The van der Waals surface area contributed by atoms with Crippen LogP contribution in [0.2, 0.25) is 0 Å². The average molecular weight is 462 g/mol. The summed E-state index contributed by atoms with van der Waals surface area (Å²) in [5.74, 6) is -0.557. The van der Waals surface area contributed by atoms with Crippen molar-refractivity contribution in [1.29, 1.82) is 0 Å². The van der Waals surface area contributed by atoms with Crippen LogP contribution in [-0.2, 0) is 30.3 Å². The summed E-state index contributed by atoms with van der Waals surface area (Å²) in [7, 11) is 0. The summed E-state index contributed by atoms with van der Waals surface area (Å²) in [5, 5.41) is 11.2. The SMILES string of the molecule is O=C(O[C@@H]1[C@H](O)[C@H](OCc2ccccc2)O[C@@H]2COC(c3ccccc3)O[C@H]12)c1ccccc1. The lowest BCUT2D eigenvalue weighted by Crippen LogP contribution is -2.63. The molecule has 1 N–H and O–H groups in total. The summed E-state index contributed by atoms with van der Waals surface area (Å²) in [4.78, 5) is 12.9. The second kappa shape index (κ2) is 10.5. The van der Waals surface area contributed by atoms with Crippen LogP contribution in [-0.4, -0.2) is 48.4 Å². The summed E-state index contributed by atoms with van der Waals surface area (Å²) in [6, 6.07) is 27.7. The highest BCUT2D eigenvalue weighted by Crippen LogP contribution is 2.36. The van der Waals surface area contributed by atoms with E-state index >= 15 is 0 Å². The Morgan fingerprint density at radius 1 is 0.882 bits per heavy atom. The van der Waals surface area contributed by atoms with Crippen LogP contribution in [0.5, 0.6) is 0 Å². The smallest absolute Gasteiger partial charge is 0.338 e. The van der Waals surface area contributed by atoms with E-state index < -0.39 is 43.0 Å². The molecule has 2 heterocycles. The maximum atomic E-state index is 12.9. The van der Waals surface area contributed by atoms with E-state index in [1.54, 1.807) is 24.3 Å². The molecule has 7 nitrogen and oxygen atoms in total. The van der Waals surface area contributed by atoms with Crippen molar-refractivity contribution in [3.63, 3.8) is 0 Å². The largest absolute Gasteiger partial charge is 0.453 e. The number of fused-ring (bicyclic) bond motifs is 1. The van der Waals surface area contributed by atoms with Crippen molar-refractivity contribution in [3.8, 4) is 0 Å². The zero-order valence-corrected chi connectivity index (χ0v) is 18.4. The highest BCUT2D eigenvalue weighted by atomic mass is 16.8. The maximum Gasteiger partial charge on any atom is 0.338 e. The number of aliphatic hydroxyl groups is 1. The molecule has 6 atom stereocenters. The molecule has 2 saturated heterocycles. The average Bonchev–Trinajstić information content (AvgIpc) is 2.90. The third kappa shape index (κ3) is 5.04. The molecule has 0 bridgehead atoms. The molecule has 2 fully saturated rings. The van der Waals surface area contributed by atoms with Gasteiger partial charge in [-0.25, -0.2) is 4.79 Å². The normalized spacial score (nSPS) is 28.6. The predicted octanol–water partition coefficient (Wildman–Crippen LogP) is 3.63. The van der Waals surface area contributed by atoms with Crippen LogP contribution >= 0.6 is 0 Å². The maximum absolute atomic E-state index is 12.9. The fourth-order valence-corrected chi connectivity index (χ4v) is 4.13. The molecule has 0 spiro atoms. The van der Waals surface area contributed by atoms with E-state index in [9.17, 15) is 9.90 Å². The van der Waals surface area contributed by atoms with Crippen LogP contribution in [0.3, 0.4) is 0 Å². The molecule has 5 rings (SSSR count). The zero-order chi connectivity index (χ0) is 23.3. The van der Waals surface area contributed by atoms with E-state index in [1.165, 1.54) is 0 Å². The van der Waals surface area contributed by atoms with Gasteiger partial charge in [0.05, 0.1) is 18.8 Å². The van der Waals surface area contributed by atoms with Gasteiger partial charge in [0, 0.05) is 5.56 Å². The second-order valence-corrected chi connectivity index (χ2v) is 8.24. The van der Waals surface area contributed by atoms with Crippen molar-refractivity contribution in [2.24, 2.45) is 0 Å². The minimum absolute atomic E-state index is 0.196. The highest BCUT2D eigenvalue weighted by molar-refractivity contribution is 5.89. The van der Waals surface area contributed by atoms with E-state index in [0.29, 0.717) is 5.56 Å². The van der Waals surface area contributed by atoms with Gasteiger partial charge in [0.25, 0.3) is 0 Å². The first-order valence-corrected chi connectivity index (χ1v) is 11.3. The van der Waals surface area contributed by atoms with Gasteiger partial charge in [-0.05, 0) is 17.7 Å². The molecule has 34 heavy (non-hydrogen) atoms. The van der Waals surface area contributed by atoms with E-state index in [4.69, 9.17) is 23.7 Å². The van der Waals surface area contributed by atoms with E-state index in [1.807, 2.05) is 66.7 Å². The number of benzene rings is 3. The third-order valence-corrected chi connectivity index (χ3v) is 5.89. The lowest BCUT2D eigenvalue weighted by molar-refractivity contribution is -0.362. The molecule has 1 unspecified atom stereocenters. The van der Waals surface area contributed by atoms with Crippen molar-refractivity contribution in [1.82, 2.24) is 0 Å². The minimum Gasteiger partial charge on any atom is -0.453 e. The summed E-state index contributed by atoms with van der Waals surface area (Å²) < 4.78 is 29.8. The Morgan fingerprint density at radius 3 is 2.24 bits per heavy atom. The molecule has 3 aromatic carbocycles. The lowest BCUT2D eigenvalue weighted by Gasteiger charge is -2.47. The zero-order valence-electron chi connectivity index (χ0n) is 18.4. The van der Waals surface area contributed by atoms with Crippen LogP contribution in [0.1, 0.15) is 27.8 Å². The molecule has 3 aromatic rings. The van der Waals surface area contributed by atoms with Gasteiger partial charge in [-0.15, -0.1) is 0 Å². The molecule has 7 heteroatoms. The molecule has 2 aliphatic heterocycles. The van der Waals surface area contributed by atoms with Crippen molar-refractivity contribution in [2.75, 3.05) is 6.61 Å². The van der Waals surface area contributed by atoms with Gasteiger partial charge in [-0.3, -0.25) is 0 Å². The minimum atomic E-state index is -1.26. The summed E-state index contributed by atoms with van der Waals surface area (Å²) in [5.41, 5.74) is 2.13. The number of hydrogen-bond donors (Lipinski definition) is 1. The fourth-order valence-electron chi connectivity index (χ4n) is 4.13. The van der Waals surface area contributed by atoms with Gasteiger partial charge in [-0.1, -0.05) is 78.9 Å². The Balaban J connectivity index is 1.36. The van der Waals surface area contributed by atoms with Crippen LogP contribution in [0.25, 0.3) is 0 Å². The standard InChI is InChI=1S/C27H26O7/c28-22-24(33-25(29)19-12-6-2-7-13-19)23-21(17-31-26(34-23)20-14-8-3-9-15-20)32-27(22)30-16-18-10-4-1-5-11-18/h1-15,21-24,26-28H,16-17H2/t21-,22+,23+,24-,26?,27-/m1/s1. The quantitative estimate of drug-likeness (QED) is 0.560. The van der Waals surface area contributed by atoms with Gasteiger partial charge < -0.3 is 28.8 Å². The molecule has 0 saturated carbocycles. The van der Waals surface area contributed by atoms with Crippen LogP contribution in [0, 0.1) is 0 Å². The summed E-state index contributed by atoms with van der Waals surface area (Å²) in [6.07, 6.45) is -5.28. The van der Waals surface area contributed by atoms with Crippen molar-refractivity contribution in [3.05, 3.63) is 108 Å². The summed E-state index contributed by atoms with van der Waals surface area (Å²) in [6.45, 7) is 0.426. The number of carbonyl (C=O) groups is 1. The predicted molar refractivity (Wildman–Crippen MR) is 122 cm³/mol. The Labute approximate surface area is 197 Å². The molecule has 2 aliphatic rings. The van der Waals surface area contributed by atoms with Crippen molar-refractivity contribution >= 4 is 5.97 Å². The summed E-state index contributed by atoms with van der Waals surface area (Å²) >= 11 is 0. The highest BCUT2D eigenvalue weighted by Gasteiger charge is 2.52. The van der Waals surface area contributed by atoms with Crippen molar-refractivity contribution < 1.29 is 33.6 Å². The number of hydrogen-bond acceptors (Lipinski definition) is 7. The Hall–Kier alpha value is -3.07. The lowest BCUT2D eigenvalue weighted by atomic mass is 9.97. The van der Waals surface area contributed by atoms with Crippen LogP contribution in [0.4, 0.5) is 0 Å². The van der Waals surface area contributed by atoms with Gasteiger partial charge in [-0.2, -0.15) is 0 Å². The number of carbonyl (C=O) groups excluding carboxylic acids is 1. The number of esters is 1. The fraction of sp³-hybridized carbons (Fsp3) is 0.296. The molecule has 0 aromatic heterocycles. The first kappa shape index (κ1) is 22.7. The number of ether oxygens (including phenoxy) is 5. The molecular weight excluding hydrogens is 436 g/mol. The first-order chi connectivity index (χ1) is 16.7. The van der Waals surface area contributed by atoms with Gasteiger partial charge in [0.15, 0.2) is 18.7 Å². The van der Waals surface area contributed by atoms with Gasteiger partial charge in [0.2, 0.25) is 0 Å². The topological polar surface area (TPSA) is 83.5 Å². The molecule has 0 amide bonds. The first-order valence-electron chi connectivity index (χ1n) is 11.3. The Bertz CT molecular complexity index is 1060. The monoisotopic (exact) mass is 462 g/mol. The van der Waals surface area contributed by atoms with Gasteiger partial charge >= 0.3 is 5.97 Å². The van der Waals surface area contributed by atoms with E-state index in [2.05, 4.69) is 0 Å². The molecule has 0 aliphatic carbocycles. The number of rotatable bonds is 6. The van der Waals surface area contributed by atoms with Gasteiger partial charge in [0.1, 0.15) is 18.3 Å². The third-order valence-electron chi connectivity index (χ3n) is 5.89. The Kier molecular flexibility index (Phi) is 6.99. The van der Waals surface area contributed by atoms with E-state index in [-0.39, 0.29) is 13.2 Å². The molecule has 0 radical (unpaired) electrons. The second-order valence-electron chi connectivity index (χ2n) is 8.24. The van der Waals surface area contributed by atoms with Crippen molar-refractivity contribution in [2.45, 2.75) is 43.6 Å². The van der Waals surface area contributed by atoms with Crippen LogP contribution < -0.4 is 0 Å².